The molecule has 1 atom stereocenters. The fraction of sp³-hybridized carbons (Fsp3) is 1.00. The lowest BCUT2D eigenvalue weighted by atomic mass is 9.84. The molecule has 1 aliphatic heterocycles. The third-order valence-electron chi connectivity index (χ3n) is 4.03. The SMILES string of the molecule is CNCC1CCC(C)(C)N(CCCN(C)C)C1. The van der Waals surface area contributed by atoms with Crippen molar-refractivity contribution in [2.75, 3.05) is 47.3 Å². The topological polar surface area (TPSA) is 18.5 Å². The summed E-state index contributed by atoms with van der Waals surface area (Å²) in [5, 5.41) is 3.32. The maximum Gasteiger partial charge on any atom is 0.0153 e. The van der Waals surface area contributed by atoms with Gasteiger partial charge < -0.3 is 10.2 Å². The van der Waals surface area contributed by atoms with Crippen molar-refractivity contribution in [3.63, 3.8) is 0 Å². The number of rotatable bonds is 6. The van der Waals surface area contributed by atoms with Gasteiger partial charge in [-0.3, -0.25) is 4.90 Å². The highest BCUT2D eigenvalue weighted by Gasteiger charge is 2.33. The molecule has 0 saturated carbocycles. The Kier molecular flexibility index (Phi) is 5.90. The highest BCUT2D eigenvalue weighted by molar-refractivity contribution is 4.89. The Morgan fingerprint density at radius 1 is 1.35 bits per heavy atom. The van der Waals surface area contributed by atoms with Gasteiger partial charge in [0.1, 0.15) is 0 Å². The third-order valence-corrected chi connectivity index (χ3v) is 4.03. The minimum atomic E-state index is 0.399. The van der Waals surface area contributed by atoms with E-state index in [1.807, 2.05) is 0 Å². The molecule has 1 unspecified atom stereocenters. The molecule has 0 radical (unpaired) electrons. The van der Waals surface area contributed by atoms with Crippen molar-refractivity contribution in [3.05, 3.63) is 0 Å². The second kappa shape index (κ2) is 6.72. The van der Waals surface area contributed by atoms with Crippen LogP contribution in [0, 0.1) is 5.92 Å². The zero-order valence-electron chi connectivity index (χ0n) is 12.4. The summed E-state index contributed by atoms with van der Waals surface area (Å²) in [7, 11) is 6.38. The molecule has 1 fully saturated rings. The van der Waals surface area contributed by atoms with Crippen LogP contribution in [0.5, 0.6) is 0 Å². The number of nitrogens with one attached hydrogen (secondary N) is 1. The summed E-state index contributed by atoms with van der Waals surface area (Å²) in [6, 6.07) is 0. The Balaban J connectivity index is 2.41. The van der Waals surface area contributed by atoms with E-state index in [-0.39, 0.29) is 0 Å². The highest BCUT2D eigenvalue weighted by Crippen LogP contribution is 2.30. The van der Waals surface area contributed by atoms with Crippen molar-refractivity contribution in [2.45, 2.75) is 38.6 Å². The van der Waals surface area contributed by atoms with Gasteiger partial charge in [-0.2, -0.15) is 0 Å². The monoisotopic (exact) mass is 241 g/mol. The fourth-order valence-electron chi connectivity index (χ4n) is 2.79. The standard InChI is InChI=1S/C14H31N3/c1-14(2)8-7-13(11-15-3)12-17(14)10-6-9-16(4)5/h13,15H,6-12H2,1-5H3. The zero-order chi connectivity index (χ0) is 12.9. The van der Waals surface area contributed by atoms with Gasteiger partial charge in [0.2, 0.25) is 0 Å². The second-order valence-electron chi connectivity index (χ2n) is 6.38. The first-order valence-corrected chi connectivity index (χ1v) is 7.00. The molecule has 1 heterocycles. The smallest absolute Gasteiger partial charge is 0.0153 e. The fourth-order valence-corrected chi connectivity index (χ4v) is 2.79. The average Bonchev–Trinajstić information content (AvgIpc) is 2.22. The lowest BCUT2D eigenvalue weighted by molar-refractivity contribution is 0.0432. The molecule has 0 bridgehead atoms. The summed E-state index contributed by atoms with van der Waals surface area (Å²) >= 11 is 0. The van der Waals surface area contributed by atoms with E-state index in [0.717, 1.165) is 5.92 Å². The van der Waals surface area contributed by atoms with Crippen molar-refractivity contribution < 1.29 is 0 Å². The van der Waals surface area contributed by atoms with Crippen LogP contribution in [0.25, 0.3) is 0 Å². The Hall–Kier alpha value is -0.120. The molecule has 102 valence electrons. The normalized spacial score (nSPS) is 25.4. The minimum Gasteiger partial charge on any atom is -0.319 e. The highest BCUT2D eigenvalue weighted by atomic mass is 15.2. The van der Waals surface area contributed by atoms with Crippen molar-refractivity contribution in [1.82, 2.24) is 15.1 Å². The molecular formula is C14H31N3. The Labute approximate surface area is 108 Å². The van der Waals surface area contributed by atoms with Gasteiger partial charge in [-0.15, -0.1) is 0 Å². The molecule has 0 aromatic carbocycles. The van der Waals surface area contributed by atoms with Crippen molar-refractivity contribution in [3.8, 4) is 0 Å². The second-order valence-corrected chi connectivity index (χ2v) is 6.38. The first-order valence-electron chi connectivity index (χ1n) is 7.00. The van der Waals surface area contributed by atoms with E-state index in [0.29, 0.717) is 5.54 Å². The summed E-state index contributed by atoms with van der Waals surface area (Å²) < 4.78 is 0. The summed E-state index contributed by atoms with van der Waals surface area (Å²) in [4.78, 5) is 4.98. The molecule has 1 aliphatic rings. The van der Waals surface area contributed by atoms with Crippen LogP contribution < -0.4 is 5.32 Å². The van der Waals surface area contributed by atoms with Crippen LogP contribution in [0.15, 0.2) is 0 Å². The quantitative estimate of drug-likeness (QED) is 0.763. The molecule has 0 aliphatic carbocycles. The molecular weight excluding hydrogens is 210 g/mol. The summed E-state index contributed by atoms with van der Waals surface area (Å²) in [5.74, 6) is 0.840. The third kappa shape index (κ3) is 4.94. The summed E-state index contributed by atoms with van der Waals surface area (Å²) in [6.07, 6.45) is 3.99. The van der Waals surface area contributed by atoms with E-state index in [2.05, 4.69) is 50.1 Å². The number of likely N-dealkylation sites (tertiary alicyclic amines) is 1. The van der Waals surface area contributed by atoms with Crippen LogP contribution in [0.2, 0.25) is 0 Å². The van der Waals surface area contributed by atoms with Crippen LogP contribution in [0.3, 0.4) is 0 Å². The molecule has 17 heavy (non-hydrogen) atoms. The van der Waals surface area contributed by atoms with Crippen LogP contribution in [-0.2, 0) is 0 Å². The van der Waals surface area contributed by atoms with E-state index in [1.165, 1.54) is 45.4 Å². The van der Waals surface area contributed by atoms with E-state index in [1.54, 1.807) is 0 Å². The van der Waals surface area contributed by atoms with Gasteiger partial charge in [0.05, 0.1) is 0 Å². The van der Waals surface area contributed by atoms with Gasteiger partial charge in [-0.25, -0.2) is 0 Å². The maximum atomic E-state index is 3.32. The van der Waals surface area contributed by atoms with Crippen LogP contribution in [-0.4, -0.2) is 62.7 Å². The summed E-state index contributed by atoms with van der Waals surface area (Å²) in [5.41, 5.74) is 0.399. The summed E-state index contributed by atoms with van der Waals surface area (Å²) in [6.45, 7) is 9.67. The zero-order valence-corrected chi connectivity index (χ0v) is 12.4. The Morgan fingerprint density at radius 3 is 2.65 bits per heavy atom. The Morgan fingerprint density at radius 2 is 2.06 bits per heavy atom. The van der Waals surface area contributed by atoms with E-state index >= 15 is 0 Å². The number of piperidine rings is 1. The lowest BCUT2D eigenvalue weighted by Crippen LogP contribution is -2.52. The lowest BCUT2D eigenvalue weighted by Gasteiger charge is -2.46. The molecule has 1 N–H and O–H groups in total. The largest absolute Gasteiger partial charge is 0.319 e. The first-order chi connectivity index (χ1) is 7.95. The van der Waals surface area contributed by atoms with Crippen LogP contribution in [0.4, 0.5) is 0 Å². The van der Waals surface area contributed by atoms with E-state index in [9.17, 15) is 0 Å². The van der Waals surface area contributed by atoms with Gasteiger partial charge in [0, 0.05) is 12.1 Å². The molecule has 3 nitrogen and oxygen atoms in total. The van der Waals surface area contributed by atoms with Gasteiger partial charge in [0.15, 0.2) is 0 Å². The molecule has 0 aromatic rings. The van der Waals surface area contributed by atoms with E-state index < -0.39 is 0 Å². The van der Waals surface area contributed by atoms with Gasteiger partial charge in [-0.1, -0.05) is 0 Å². The molecule has 3 heteroatoms. The molecule has 1 rings (SSSR count). The van der Waals surface area contributed by atoms with Gasteiger partial charge in [-0.05, 0) is 79.8 Å². The van der Waals surface area contributed by atoms with Crippen molar-refractivity contribution >= 4 is 0 Å². The number of hydrogen-bond donors (Lipinski definition) is 1. The molecule has 1 saturated heterocycles. The predicted octanol–water partition coefficient (Wildman–Crippen LogP) is 1.65. The average molecular weight is 241 g/mol. The molecule has 0 spiro atoms. The predicted molar refractivity (Wildman–Crippen MR) is 75.5 cm³/mol. The van der Waals surface area contributed by atoms with E-state index in [4.69, 9.17) is 0 Å². The van der Waals surface area contributed by atoms with Crippen molar-refractivity contribution in [1.29, 1.82) is 0 Å². The van der Waals surface area contributed by atoms with Crippen LogP contribution >= 0.6 is 0 Å². The first kappa shape index (κ1) is 14.9. The molecule has 0 aromatic heterocycles. The van der Waals surface area contributed by atoms with Crippen LogP contribution in [0.1, 0.15) is 33.1 Å². The minimum absolute atomic E-state index is 0.399. The maximum absolute atomic E-state index is 3.32. The number of hydrogen-bond acceptors (Lipinski definition) is 3. The molecule has 0 amide bonds. The van der Waals surface area contributed by atoms with Gasteiger partial charge in [0.25, 0.3) is 0 Å². The van der Waals surface area contributed by atoms with Gasteiger partial charge >= 0.3 is 0 Å². The Bertz CT molecular complexity index is 214. The number of nitrogens with zero attached hydrogens (tertiary/aromatic N) is 2. The van der Waals surface area contributed by atoms with Crippen molar-refractivity contribution in [2.24, 2.45) is 5.92 Å².